The average Bonchev–Trinajstić information content (AvgIpc) is 2.14. The molecule has 1 N–H and O–H groups in total. The Balaban J connectivity index is 3.12. The molecule has 73 valence electrons. The normalized spacial score (nSPS) is 9.79. The van der Waals surface area contributed by atoms with E-state index in [9.17, 15) is 5.11 Å². The topological polar surface area (TPSA) is 20.2 Å². The zero-order valence-corrected chi connectivity index (χ0v) is 8.29. The Labute approximate surface area is 85.4 Å². The third-order valence-electron chi connectivity index (χ3n) is 2.07. The van der Waals surface area contributed by atoms with E-state index in [0.717, 1.165) is 17.5 Å². The van der Waals surface area contributed by atoms with Crippen LogP contribution in [0.5, 0.6) is 5.75 Å². The first-order valence-electron chi connectivity index (χ1n) is 4.57. The molecule has 0 saturated carbocycles. The molecule has 1 radical (unpaired) electrons. The summed E-state index contributed by atoms with van der Waals surface area (Å²) in [7, 11) is 0. The second kappa shape index (κ2) is 4.66. The van der Waals surface area contributed by atoms with Gasteiger partial charge in [0, 0.05) is 0 Å². The maximum atomic E-state index is 9.69. The van der Waals surface area contributed by atoms with Crippen LogP contribution in [-0.4, -0.2) is 5.11 Å². The number of aromatic hydroxyl groups is 1. The smallest absolute Gasteiger partial charge is 0.122 e. The first-order chi connectivity index (χ1) is 6.69. The van der Waals surface area contributed by atoms with Crippen LogP contribution < -0.4 is 0 Å². The molecule has 0 amide bonds. The fourth-order valence-corrected chi connectivity index (χ4v) is 1.43. The van der Waals surface area contributed by atoms with Gasteiger partial charge in [0.05, 0.1) is 0 Å². The van der Waals surface area contributed by atoms with Gasteiger partial charge in [0.15, 0.2) is 0 Å². The molecule has 1 nitrogen and oxygen atoms in total. The molecule has 1 heteroatoms. The maximum Gasteiger partial charge on any atom is 0.122 e. The minimum absolute atomic E-state index is 0.276. The van der Waals surface area contributed by atoms with E-state index in [4.69, 9.17) is 0 Å². The van der Waals surface area contributed by atoms with Crippen LogP contribution in [0.2, 0.25) is 0 Å². The highest BCUT2D eigenvalue weighted by Gasteiger charge is 2.04. The summed E-state index contributed by atoms with van der Waals surface area (Å²) in [5, 5.41) is 9.69. The molecule has 0 aliphatic heterocycles. The van der Waals surface area contributed by atoms with Gasteiger partial charge in [-0.2, -0.15) is 0 Å². The number of benzene rings is 1. The predicted octanol–water partition coefficient (Wildman–Crippen LogP) is 3.03. The van der Waals surface area contributed by atoms with Crippen molar-refractivity contribution in [1.82, 2.24) is 0 Å². The summed E-state index contributed by atoms with van der Waals surface area (Å²) in [5.74, 6) is 0.276. The Kier molecular flexibility index (Phi) is 3.52. The summed E-state index contributed by atoms with van der Waals surface area (Å²) in [6, 6.07) is 3.84. The predicted molar refractivity (Wildman–Crippen MR) is 60.4 cm³/mol. The van der Waals surface area contributed by atoms with Gasteiger partial charge in [-0.1, -0.05) is 24.3 Å². The van der Waals surface area contributed by atoms with Gasteiger partial charge < -0.3 is 5.11 Å². The summed E-state index contributed by atoms with van der Waals surface area (Å²) in [6.45, 7) is 11.1. The van der Waals surface area contributed by atoms with Gasteiger partial charge in [0.1, 0.15) is 5.75 Å². The molecule has 1 aromatic rings. The maximum absolute atomic E-state index is 9.69. The van der Waals surface area contributed by atoms with Crippen molar-refractivity contribution in [3.05, 3.63) is 61.1 Å². The lowest BCUT2D eigenvalue weighted by atomic mass is 10.0. The summed E-state index contributed by atoms with van der Waals surface area (Å²) in [6.07, 6.45) is 5.07. The molecule has 0 saturated heterocycles. The lowest BCUT2D eigenvalue weighted by molar-refractivity contribution is 0.467. The molecule has 0 spiro atoms. The second-order valence-corrected chi connectivity index (χ2v) is 3.25. The monoisotopic (exact) mass is 187 g/mol. The molecule has 0 atom stereocenters. The SMILES string of the molecule is [CH2]c1cc(CC=C)cc(CC=C)c1O. The summed E-state index contributed by atoms with van der Waals surface area (Å²) < 4.78 is 0. The van der Waals surface area contributed by atoms with Crippen LogP contribution in [0, 0.1) is 6.92 Å². The van der Waals surface area contributed by atoms with Gasteiger partial charge in [-0.3, -0.25) is 0 Å². The highest BCUT2D eigenvalue weighted by atomic mass is 16.3. The zero-order chi connectivity index (χ0) is 10.6. The van der Waals surface area contributed by atoms with Crippen molar-refractivity contribution >= 4 is 0 Å². The Hall–Kier alpha value is -1.50. The van der Waals surface area contributed by atoms with Crippen molar-refractivity contribution in [2.75, 3.05) is 0 Å². The van der Waals surface area contributed by atoms with Gasteiger partial charge in [-0.25, -0.2) is 0 Å². The number of allylic oxidation sites excluding steroid dienone is 2. The van der Waals surface area contributed by atoms with E-state index in [1.807, 2.05) is 18.2 Å². The van der Waals surface area contributed by atoms with E-state index in [1.54, 1.807) is 6.08 Å². The van der Waals surface area contributed by atoms with Crippen LogP contribution in [0.25, 0.3) is 0 Å². The van der Waals surface area contributed by atoms with Crippen molar-refractivity contribution in [3.63, 3.8) is 0 Å². The Morgan fingerprint density at radius 3 is 2.36 bits per heavy atom. The zero-order valence-electron chi connectivity index (χ0n) is 8.29. The van der Waals surface area contributed by atoms with E-state index in [-0.39, 0.29) is 5.75 Å². The van der Waals surface area contributed by atoms with Crippen LogP contribution in [0.15, 0.2) is 37.4 Å². The minimum atomic E-state index is 0.276. The molecule has 1 aromatic carbocycles. The van der Waals surface area contributed by atoms with Crippen LogP contribution in [0.3, 0.4) is 0 Å². The Morgan fingerprint density at radius 2 is 1.79 bits per heavy atom. The number of phenols is 1. The lowest BCUT2D eigenvalue weighted by Crippen LogP contribution is -1.90. The Bertz CT molecular complexity index is 350. The van der Waals surface area contributed by atoms with Gasteiger partial charge in [0.2, 0.25) is 0 Å². The fraction of sp³-hybridized carbons (Fsp3) is 0.154. The third kappa shape index (κ3) is 2.25. The molecule has 0 heterocycles. The highest BCUT2D eigenvalue weighted by molar-refractivity contribution is 5.46. The second-order valence-electron chi connectivity index (χ2n) is 3.25. The summed E-state index contributed by atoms with van der Waals surface area (Å²) >= 11 is 0. The van der Waals surface area contributed by atoms with E-state index in [2.05, 4.69) is 20.1 Å². The highest BCUT2D eigenvalue weighted by Crippen LogP contribution is 2.24. The molecule has 0 fully saturated rings. The fourth-order valence-electron chi connectivity index (χ4n) is 1.43. The molecule has 1 rings (SSSR count). The van der Waals surface area contributed by atoms with E-state index in [0.29, 0.717) is 12.0 Å². The van der Waals surface area contributed by atoms with E-state index >= 15 is 0 Å². The molecular weight excluding hydrogens is 172 g/mol. The molecule has 0 unspecified atom stereocenters. The molecule has 0 aliphatic carbocycles. The first kappa shape index (κ1) is 10.6. The Morgan fingerprint density at radius 1 is 1.14 bits per heavy atom. The third-order valence-corrected chi connectivity index (χ3v) is 2.07. The molecular formula is C13H15O. The summed E-state index contributed by atoms with van der Waals surface area (Å²) in [4.78, 5) is 0. The number of phenolic OH excluding ortho intramolecular Hbond substituents is 1. The van der Waals surface area contributed by atoms with Crippen LogP contribution in [0.1, 0.15) is 16.7 Å². The largest absolute Gasteiger partial charge is 0.507 e. The van der Waals surface area contributed by atoms with Crippen molar-refractivity contribution in [3.8, 4) is 5.75 Å². The van der Waals surface area contributed by atoms with Crippen LogP contribution in [-0.2, 0) is 12.8 Å². The van der Waals surface area contributed by atoms with Gasteiger partial charge >= 0.3 is 0 Å². The number of rotatable bonds is 4. The van der Waals surface area contributed by atoms with Gasteiger partial charge in [-0.05, 0) is 36.5 Å². The van der Waals surface area contributed by atoms with E-state index in [1.165, 1.54) is 0 Å². The molecule has 0 bridgehead atoms. The van der Waals surface area contributed by atoms with E-state index < -0.39 is 0 Å². The quantitative estimate of drug-likeness (QED) is 0.718. The van der Waals surface area contributed by atoms with Crippen molar-refractivity contribution < 1.29 is 5.11 Å². The summed E-state index contributed by atoms with van der Waals surface area (Å²) in [5.41, 5.74) is 2.67. The van der Waals surface area contributed by atoms with Crippen LogP contribution >= 0.6 is 0 Å². The van der Waals surface area contributed by atoms with Gasteiger partial charge in [-0.15, -0.1) is 13.2 Å². The molecule has 0 aliphatic rings. The molecule has 0 aromatic heterocycles. The number of hydrogen-bond acceptors (Lipinski definition) is 1. The molecule has 14 heavy (non-hydrogen) atoms. The van der Waals surface area contributed by atoms with Crippen molar-refractivity contribution in [2.45, 2.75) is 12.8 Å². The van der Waals surface area contributed by atoms with Crippen molar-refractivity contribution in [1.29, 1.82) is 0 Å². The van der Waals surface area contributed by atoms with Crippen LogP contribution in [0.4, 0.5) is 0 Å². The minimum Gasteiger partial charge on any atom is -0.507 e. The van der Waals surface area contributed by atoms with Crippen molar-refractivity contribution in [2.24, 2.45) is 0 Å². The van der Waals surface area contributed by atoms with Gasteiger partial charge in [0.25, 0.3) is 0 Å². The number of hydrogen-bond donors (Lipinski definition) is 1. The first-order valence-corrected chi connectivity index (χ1v) is 4.57. The average molecular weight is 187 g/mol. The lowest BCUT2D eigenvalue weighted by Gasteiger charge is -2.08. The standard InChI is InChI=1S/C13H15O/c1-4-6-11-8-10(3)13(14)12(9-11)7-5-2/h4-5,8-9,14H,1-3,6-7H2.